The highest BCUT2D eigenvalue weighted by Crippen LogP contribution is 2.45. The van der Waals surface area contributed by atoms with Crippen molar-refractivity contribution in [2.24, 2.45) is 5.73 Å². The summed E-state index contributed by atoms with van der Waals surface area (Å²) in [6, 6.07) is 24.8. The second-order valence-corrected chi connectivity index (χ2v) is 21.1. The van der Waals surface area contributed by atoms with Gasteiger partial charge in [-0.25, -0.2) is 17.6 Å². The van der Waals surface area contributed by atoms with Crippen LogP contribution in [0, 0.1) is 17.5 Å². The van der Waals surface area contributed by atoms with Crippen LogP contribution in [0.2, 0.25) is 5.04 Å². The smallest absolute Gasteiger partial charge is 0.261 e. The highest BCUT2D eigenvalue weighted by Gasteiger charge is 2.52. The van der Waals surface area contributed by atoms with E-state index in [1.807, 2.05) is 53.1 Å². The quantitative estimate of drug-likeness (QED) is 0.0991. The van der Waals surface area contributed by atoms with E-state index in [9.17, 15) is 8.78 Å². The maximum absolute atomic E-state index is 17.5. The van der Waals surface area contributed by atoms with Crippen molar-refractivity contribution in [1.82, 2.24) is 14.8 Å². The number of aromatic amines is 1. The lowest BCUT2D eigenvalue weighted by Crippen LogP contribution is -2.67. The number of nitrogens with two attached hydrogens (primary N) is 1. The van der Waals surface area contributed by atoms with Gasteiger partial charge in [0.05, 0.1) is 25.4 Å². The van der Waals surface area contributed by atoms with Gasteiger partial charge in [-0.2, -0.15) is 0 Å². The maximum Gasteiger partial charge on any atom is 0.261 e. The topological polar surface area (TPSA) is 57.5 Å². The zero-order valence-electron chi connectivity index (χ0n) is 32.2. The Morgan fingerprint density at radius 1 is 0.891 bits per heavy atom. The minimum atomic E-state index is -3.12. The lowest BCUT2D eigenvalue weighted by atomic mass is 9.85. The third-order valence-corrected chi connectivity index (χ3v) is 16.6. The van der Waals surface area contributed by atoms with E-state index in [1.165, 1.54) is 31.2 Å². The van der Waals surface area contributed by atoms with Crippen molar-refractivity contribution in [2.75, 3.05) is 32.9 Å². The predicted molar refractivity (Wildman–Crippen MR) is 212 cm³/mol. The summed E-state index contributed by atoms with van der Waals surface area (Å²) in [4.78, 5) is 7.09. The molecule has 0 spiro atoms. The van der Waals surface area contributed by atoms with Crippen LogP contribution in [-0.4, -0.2) is 73.8 Å². The molecule has 0 aliphatic carbocycles. The van der Waals surface area contributed by atoms with Gasteiger partial charge >= 0.3 is 0 Å². The first kappa shape index (κ1) is 39.4. The Morgan fingerprint density at radius 2 is 1.51 bits per heavy atom. The molecule has 0 bridgehead atoms. The first-order valence-corrected chi connectivity index (χ1v) is 21.1. The van der Waals surface area contributed by atoms with Crippen molar-refractivity contribution in [3.05, 3.63) is 131 Å². The third-order valence-electron chi connectivity index (χ3n) is 11.6. The van der Waals surface area contributed by atoms with Crippen molar-refractivity contribution < 1.29 is 26.4 Å². The van der Waals surface area contributed by atoms with Crippen molar-refractivity contribution in [3.8, 4) is 0 Å². The molecule has 2 aliphatic heterocycles. The molecule has 2 aliphatic rings. The summed E-state index contributed by atoms with van der Waals surface area (Å²) in [5.74, 6) is -2.00. The normalized spacial score (nSPS) is 22.0. The van der Waals surface area contributed by atoms with Gasteiger partial charge in [-0.05, 0) is 83.6 Å². The number of benzene rings is 4. The van der Waals surface area contributed by atoms with Gasteiger partial charge in [0.2, 0.25) is 0 Å². The predicted octanol–water partition coefficient (Wildman–Crippen LogP) is 8.27. The number of alkyl halides is 2. The second-order valence-electron chi connectivity index (χ2n) is 16.7. The Hall–Kier alpha value is -3.87. The van der Waals surface area contributed by atoms with Gasteiger partial charge in [0.15, 0.2) is 0 Å². The number of rotatable bonds is 12. The molecule has 1 saturated heterocycles. The average molecular weight is 775 g/mol. The molecule has 1 fully saturated rings. The molecule has 3 N–H and O–H groups in total. The summed E-state index contributed by atoms with van der Waals surface area (Å²) >= 11 is 0. The molecular formula is C44H51F5N4OSi. The van der Waals surface area contributed by atoms with Crippen LogP contribution in [-0.2, 0) is 10.8 Å². The Morgan fingerprint density at radius 3 is 2.07 bits per heavy atom. The van der Waals surface area contributed by atoms with Gasteiger partial charge in [0.25, 0.3) is 8.32 Å². The van der Waals surface area contributed by atoms with Crippen LogP contribution in [0.4, 0.5) is 22.0 Å². The molecule has 1 aromatic heterocycles. The lowest BCUT2D eigenvalue weighted by molar-refractivity contribution is 0.0206. The number of H-pyrrole nitrogens is 1. The Bertz CT molecular complexity index is 2060. The molecule has 0 amide bonds. The van der Waals surface area contributed by atoms with Crippen LogP contribution in [0.5, 0.6) is 0 Å². The Kier molecular flexibility index (Phi) is 10.9. The van der Waals surface area contributed by atoms with Gasteiger partial charge in [-0.1, -0.05) is 81.4 Å². The molecular weight excluding hydrogens is 724 g/mol. The van der Waals surface area contributed by atoms with E-state index in [1.54, 1.807) is 6.07 Å². The number of hydrogen-bond donors (Lipinski definition) is 2. The van der Waals surface area contributed by atoms with E-state index in [2.05, 4.69) is 50.0 Å². The van der Waals surface area contributed by atoms with Crippen molar-refractivity contribution >= 4 is 29.6 Å². The van der Waals surface area contributed by atoms with Crippen molar-refractivity contribution in [3.63, 3.8) is 0 Å². The van der Waals surface area contributed by atoms with E-state index in [0.29, 0.717) is 48.1 Å². The molecule has 292 valence electrons. The molecule has 3 heterocycles. The van der Waals surface area contributed by atoms with Crippen LogP contribution in [0.1, 0.15) is 75.5 Å². The van der Waals surface area contributed by atoms with Gasteiger partial charge in [0, 0.05) is 53.9 Å². The van der Waals surface area contributed by atoms with E-state index in [-0.39, 0.29) is 29.8 Å². The monoisotopic (exact) mass is 774 g/mol. The number of nitrogens with zero attached hydrogens (tertiary/aromatic N) is 2. The SMILES string of the molecule is CC1Cc2c([nH]c3ccc(F)cc23)C(c2c(F)cc(C3C(N)CN3CCCF)cc2F)N1CC(C)(F)CO[Si](c1ccccc1)(c1ccccc1)C(C)(C)C. The summed E-state index contributed by atoms with van der Waals surface area (Å²) in [7, 11) is -3.12. The summed E-state index contributed by atoms with van der Waals surface area (Å²) in [5.41, 5.74) is 6.36. The molecule has 5 nitrogen and oxygen atoms in total. The molecule has 5 unspecified atom stereocenters. The number of fused-ring (bicyclic) bond motifs is 3. The number of aromatic nitrogens is 1. The maximum atomic E-state index is 17.5. The minimum Gasteiger partial charge on any atom is -0.404 e. The summed E-state index contributed by atoms with van der Waals surface area (Å²) in [6.07, 6.45) is 0.704. The number of likely N-dealkylation sites (tertiary alicyclic amines) is 1. The summed E-state index contributed by atoms with van der Waals surface area (Å²) in [5, 5.41) is 2.27. The lowest BCUT2D eigenvalue weighted by Gasteiger charge is -2.47. The Labute approximate surface area is 321 Å². The van der Waals surface area contributed by atoms with Crippen LogP contribution in [0.25, 0.3) is 10.9 Å². The second kappa shape index (κ2) is 15.2. The highest BCUT2D eigenvalue weighted by atomic mass is 28.4. The van der Waals surface area contributed by atoms with Gasteiger partial charge in [0.1, 0.15) is 23.1 Å². The van der Waals surface area contributed by atoms with E-state index >= 15 is 13.2 Å². The minimum absolute atomic E-state index is 0.203. The zero-order chi connectivity index (χ0) is 39.3. The fourth-order valence-corrected chi connectivity index (χ4v) is 13.8. The third kappa shape index (κ3) is 7.30. The first-order chi connectivity index (χ1) is 26.1. The van der Waals surface area contributed by atoms with Crippen LogP contribution >= 0.6 is 0 Å². The molecule has 5 aromatic rings. The first-order valence-electron chi connectivity index (χ1n) is 19.2. The molecule has 0 radical (unpaired) electrons. The van der Waals surface area contributed by atoms with Crippen LogP contribution < -0.4 is 16.1 Å². The number of halogens is 5. The standard InChI is InChI=1S/C44H51F5N4OSi/c1-28-21-34-33-24-30(46)17-18-38(33)51-40(34)42(39-35(47)22-29(23-36(39)48)41-37(50)25-52(41)20-12-19-45)53(28)26-44(5,49)27-54-55(43(2,3)4,31-13-8-6-9-14-31)32-15-10-7-11-16-32/h6-11,13-18,22-24,28,37,41-42,51H,12,19-21,25-27,50H2,1-5H3. The Balaban J connectivity index is 1.28. The number of hydrogen-bond acceptors (Lipinski definition) is 4. The molecule has 5 atom stereocenters. The highest BCUT2D eigenvalue weighted by molar-refractivity contribution is 6.99. The fraction of sp³-hybridized carbons (Fsp3) is 0.409. The van der Waals surface area contributed by atoms with E-state index in [0.717, 1.165) is 15.9 Å². The van der Waals surface area contributed by atoms with Crippen LogP contribution in [0.3, 0.4) is 0 Å². The van der Waals surface area contributed by atoms with E-state index in [4.69, 9.17) is 10.2 Å². The molecule has 7 rings (SSSR count). The van der Waals surface area contributed by atoms with Gasteiger partial charge in [-0.3, -0.25) is 14.2 Å². The van der Waals surface area contributed by atoms with Crippen LogP contribution in [0.15, 0.2) is 91.0 Å². The van der Waals surface area contributed by atoms with E-state index < -0.39 is 56.2 Å². The number of nitrogens with one attached hydrogen (secondary N) is 1. The summed E-state index contributed by atoms with van der Waals surface area (Å²) < 4.78 is 85.6. The fourth-order valence-electron chi connectivity index (χ4n) is 9.14. The average Bonchev–Trinajstić information content (AvgIpc) is 3.48. The zero-order valence-corrected chi connectivity index (χ0v) is 33.2. The van der Waals surface area contributed by atoms with Gasteiger partial charge < -0.3 is 15.1 Å². The largest absolute Gasteiger partial charge is 0.404 e. The van der Waals surface area contributed by atoms with Crippen molar-refractivity contribution in [1.29, 1.82) is 0 Å². The summed E-state index contributed by atoms with van der Waals surface area (Å²) in [6.45, 7) is 9.75. The molecule has 4 aromatic carbocycles. The van der Waals surface area contributed by atoms with Crippen molar-refractivity contribution in [2.45, 2.75) is 82.3 Å². The molecule has 11 heteroatoms. The molecule has 0 saturated carbocycles. The van der Waals surface area contributed by atoms with Gasteiger partial charge in [-0.15, -0.1) is 0 Å². The molecule has 55 heavy (non-hydrogen) atoms.